The number of piperidine rings is 1. The standard InChI is InChI=1S/C11H21F3N2/c1-8(15)9(11(12,13)14)16-6-4-5-10(2,3)7-16/h8-9H,4-7,15H2,1-3H3. The summed E-state index contributed by atoms with van der Waals surface area (Å²) in [6, 6.07) is -2.39. The predicted molar refractivity (Wildman–Crippen MR) is 58.1 cm³/mol. The fraction of sp³-hybridized carbons (Fsp3) is 1.00. The third-order valence-electron chi connectivity index (χ3n) is 3.16. The summed E-state index contributed by atoms with van der Waals surface area (Å²) in [6.07, 6.45) is -2.44. The number of hydrogen-bond acceptors (Lipinski definition) is 2. The van der Waals surface area contributed by atoms with E-state index in [0.29, 0.717) is 13.1 Å². The van der Waals surface area contributed by atoms with Gasteiger partial charge >= 0.3 is 6.18 Å². The summed E-state index contributed by atoms with van der Waals surface area (Å²) in [5.74, 6) is 0. The molecule has 0 radical (unpaired) electrons. The van der Waals surface area contributed by atoms with Crippen LogP contribution in [0.4, 0.5) is 13.2 Å². The molecule has 1 saturated heterocycles. The molecule has 1 heterocycles. The van der Waals surface area contributed by atoms with Crippen LogP contribution in [0.15, 0.2) is 0 Å². The Morgan fingerprint density at radius 1 is 1.31 bits per heavy atom. The summed E-state index contributed by atoms with van der Waals surface area (Å²) < 4.78 is 38.7. The molecule has 2 atom stereocenters. The smallest absolute Gasteiger partial charge is 0.326 e. The fourth-order valence-corrected chi connectivity index (χ4v) is 2.54. The molecule has 0 aromatic carbocycles. The highest BCUT2D eigenvalue weighted by Crippen LogP contribution is 2.34. The number of nitrogens with zero attached hydrogens (tertiary/aromatic N) is 1. The SMILES string of the molecule is CC(N)C(N1CCCC(C)(C)C1)C(F)(F)F. The average molecular weight is 238 g/mol. The molecule has 96 valence electrons. The maximum Gasteiger partial charge on any atom is 0.405 e. The van der Waals surface area contributed by atoms with Crippen LogP contribution in [0.5, 0.6) is 0 Å². The van der Waals surface area contributed by atoms with Crippen molar-refractivity contribution in [2.24, 2.45) is 11.1 Å². The van der Waals surface area contributed by atoms with Gasteiger partial charge in [0.15, 0.2) is 0 Å². The molecule has 0 aromatic rings. The van der Waals surface area contributed by atoms with Crippen molar-refractivity contribution in [2.75, 3.05) is 13.1 Å². The van der Waals surface area contributed by atoms with Gasteiger partial charge < -0.3 is 5.73 Å². The van der Waals surface area contributed by atoms with Gasteiger partial charge in [-0.3, -0.25) is 4.90 Å². The van der Waals surface area contributed by atoms with E-state index in [0.717, 1.165) is 12.8 Å². The lowest BCUT2D eigenvalue weighted by Gasteiger charge is -2.43. The molecule has 0 aliphatic carbocycles. The Labute approximate surface area is 95.0 Å². The number of nitrogens with two attached hydrogens (primary N) is 1. The molecule has 0 saturated carbocycles. The molecule has 0 aromatic heterocycles. The molecule has 1 aliphatic heterocycles. The van der Waals surface area contributed by atoms with Gasteiger partial charge in [-0.15, -0.1) is 0 Å². The first-order valence-corrected chi connectivity index (χ1v) is 5.70. The first-order valence-electron chi connectivity index (χ1n) is 5.70. The average Bonchev–Trinajstić information content (AvgIpc) is 1.97. The van der Waals surface area contributed by atoms with Gasteiger partial charge in [0.1, 0.15) is 6.04 Å². The molecule has 16 heavy (non-hydrogen) atoms. The number of hydrogen-bond donors (Lipinski definition) is 1. The van der Waals surface area contributed by atoms with Crippen LogP contribution in [0.2, 0.25) is 0 Å². The fourth-order valence-electron chi connectivity index (χ4n) is 2.54. The summed E-state index contributed by atoms with van der Waals surface area (Å²) in [7, 11) is 0. The molecule has 0 amide bonds. The lowest BCUT2D eigenvalue weighted by atomic mass is 9.83. The largest absolute Gasteiger partial charge is 0.405 e. The van der Waals surface area contributed by atoms with Gasteiger partial charge in [0, 0.05) is 12.6 Å². The van der Waals surface area contributed by atoms with Crippen molar-refractivity contribution in [3.05, 3.63) is 0 Å². The van der Waals surface area contributed by atoms with Crippen molar-refractivity contribution in [3.8, 4) is 0 Å². The van der Waals surface area contributed by atoms with Crippen LogP contribution in [-0.4, -0.2) is 36.2 Å². The first kappa shape index (κ1) is 13.8. The molecule has 0 bridgehead atoms. The summed E-state index contributed by atoms with van der Waals surface area (Å²) in [5, 5.41) is 0. The first-order chi connectivity index (χ1) is 7.13. The zero-order valence-electron chi connectivity index (χ0n) is 10.1. The molecule has 1 fully saturated rings. The highest BCUT2D eigenvalue weighted by molar-refractivity contribution is 4.91. The predicted octanol–water partition coefficient (Wildman–Crippen LogP) is 2.39. The van der Waals surface area contributed by atoms with Crippen molar-refractivity contribution < 1.29 is 13.2 Å². The lowest BCUT2D eigenvalue weighted by Crippen LogP contribution is -2.58. The summed E-state index contributed by atoms with van der Waals surface area (Å²) in [6.45, 7) is 6.41. The third-order valence-corrected chi connectivity index (χ3v) is 3.16. The van der Waals surface area contributed by atoms with Gasteiger partial charge in [-0.25, -0.2) is 0 Å². The van der Waals surface area contributed by atoms with Crippen molar-refractivity contribution in [2.45, 2.75) is 51.9 Å². The molecular formula is C11H21F3N2. The van der Waals surface area contributed by atoms with Crippen molar-refractivity contribution >= 4 is 0 Å². The minimum absolute atomic E-state index is 0.0450. The number of rotatable bonds is 2. The number of likely N-dealkylation sites (tertiary alicyclic amines) is 1. The Bertz CT molecular complexity index is 236. The van der Waals surface area contributed by atoms with Crippen molar-refractivity contribution in [1.82, 2.24) is 4.90 Å². The van der Waals surface area contributed by atoms with Gasteiger partial charge in [0.25, 0.3) is 0 Å². The Balaban J connectivity index is 2.80. The van der Waals surface area contributed by atoms with Crippen LogP contribution in [0.25, 0.3) is 0 Å². The zero-order valence-corrected chi connectivity index (χ0v) is 10.1. The van der Waals surface area contributed by atoms with Crippen LogP contribution in [0.1, 0.15) is 33.6 Å². The van der Waals surface area contributed by atoms with E-state index in [1.165, 1.54) is 11.8 Å². The summed E-state index contributed by atoms with van der Waals surface area (Å²) >= 11 is 0. The quantitative estimate of drug-likeness (QED) is 0.800. The van der Waals surface area contributed by atoms with E-state index in [2.05, 4.69) is 0 Å². The topological polar surface area (TPSA) is 29.3 Å². The van der Waals surface area contributed by atoms with Crippen LogP contribution in [0.3, 0.4) is 0 Å². The minimum Gasteiger partial charge on any atom is -0.326 e. The molecule has 1 rings (SSSR count). The summed E-state index contributed by atoms with van der Waals surface area (Å²) in [4.78, 5) is 1.49. The van der Waals surface area contributed by atoms with Gasteiger partial charge in [0.05, 0.1) is 0 Å². The molecule has 2 unspecified atom stereocenters. The third kappa shape index (κ3) is 3.35. The van der Waals surface area contributed by atoms with Crippen LogP contribution in [0, 0.1) is 5.41 Å². The second-order valence-electron chi connectivity index (χ2n) is 5.58. The zero-order chi connectivity index (χ0) is 12.6. The molecule has 2 nitrogen and oxygen atoms in total. The summed E-state index contributed by atoms with van der Waals surface area (Å²) in [5.41, 5.74) is 5.44. The Kier molecular flexibility index (Phi) is 3.90. The van der Waals surface area contributed by atoms with Crippen molar-refractivity contribution in [1.29, 1.82) is 0 Å². The highest BCUT2D eigenvalue weighted by Gasteiger charge is 2.47. The Hall–Kier alpha value is -0.290. The van der Waals surface area contributed by atoms with E-state index >= 15 is 0 Å². The van der Waals surface area contributed by atoms with E-state index in [9.17, 15) is 13.2 Å². The number of alkyl halides is 3. The van der Waals surface area contributed by atoms with Crippen LogP contribution in [-0.2, 0) is 0 Å². The van der Waals surface area contributed by atoms with E-state index in [1.54, 1.807) is 0 Å². The van der Waals surface area contributed by atoms with Crippen LogP contribution >= 0.6 is 0 Å². The molecule has 5 heteroatoms. The van der Waals surface area contributed by atoms with Gasteiger partial charge in [-0.05, 0) is 31.7 Å². The van der Waals surface area contributed by atoms with Gasteiger partial charge in [-0.2, -0.15) is 13.2 Å². The maximum atomic E-state index is 12.9. The van der Waals surface area contributed by atoms with E-state index in [1.807, 2.05) is 13.8 Å². The van der Waals surface area contributed by atoms with Gasteiger partial charge in [-0.1, -0.05) is 13.8 Å². The molecule has 2 N–H and O–H groups in total. The lowest BCUT2D eigenvalue weighted by molar-refractivity contribution is -0.194. The van der Waals surface area contributed by atoms with Gasteiger partial charge in [0.2, 0.25) is 0 Å². The maximum absolute atomic E-state index is 12.9. The minimum atomic E-state index is -4.23. The Morgan fingerprint density at radius 2 is 1.88 bits per heavy atom. The Morgan fingerprint density at radius 3 is 2.25 bits per heavy atom. The van der Waals surface area contributed by atoms with Crippen LogP contribution < -0.4 is 5.73 Å². The molecule has 0 spiro atoms. The van der Waals surface area contributed by atoms with E-state index in [-0.39, 0.29) is 5.41 Å². The van der Waals surface area contributed by atoms with Crippen molar-refractivity contribution in [3.63, 3.8) is 0 Å². The monoisotopic (exact) mass is 238 g/mol. The molecular weight excluding hydrogens is 217 g/mol. The second kappa shape index (κ2) is 4.53. The normalized spacial score (nSPS) is 26.4. The van der Waals surface area contributed by atoms with E-state index in [4.69, 9.17) is 5.73 Å². The number of halogens is 3. The van der Waals surface area contributed by atoms with E-state index < -0.39 is 18.3 Å². The highest BCUT2D eigenvalue weighted by atomic mass is 19.4. The molecule has 1 aliphatic rings. The second-order valence-corrected chi connectivity index (χ2v) is 5.58.